The van der Waals surface area contributed by atoms with Crippen molar-refractivity contribution in [2.75, 3.05) is 20.3 Å². The van der Waals surface area contributed by atoms with Crippen molar-refractivity contribution in [3.05, 3.63) is 33.8 Å². The van der Waals surface area contributed by atoms with Crippen LogP contribution in [-0.4, -0.2) is 20.3 Å². The maximum Gasteiger partial charge on any atom is 0.0468 e. The van der Waals surface area contributed by atoms with Gasteiger partial charge in [-0.25, -0.2) is 0 Å². The Balaban J connectivity index is 2.06. The minimum absolute atomic E-state index is 0.310. The van der Waals surface area contributed by atoms with E-state index in [1.165, 1.54) is 5.56 Å². The number of benzene rings is 1. The van der Waals surface area contributed by atoms with E-state index in [1.54, 1.807) is 6.07 Å². The summed E-state index contributed by atoms with van der Waals surface area (Å²) in [6.45, 7) is 1.77. The Bertz CT molecular complexity index is 371. The zero-order valence-corrected chi connectivity index (χ0v) is 12.1. The number of ether oxygens (including phenoxy) is 1. The topological polar surface area (TPSA) is 21.3 Å². The van der Waals surface area contributed by atoms with Gasteiger partial charge in [0.05, 0.1) is 0 Å². The summed E-state index contributed by atoms with van der Waals surface area (Å²) in [5, 5.41) is 4.76. The van der Waals surface area contributed by atoms with Crippen LogP contribution in [-0.2, 0) is 4.74 Å². The molecule has 1 aromatic rings. The van der Waals surface area contributed by atoms with Gasteiger partial charge in [-0.1, -0.05) is 23.2 Å². The van der Waals surface area contributed by atoms with E-state index in [1.807, 2.05) is 19.2 Å². The van der Waals surface area contributed by atoms with Crippen LogP contribution < -0.4 is 5.32 Å². The summed E-state index contributed by atoms with van der Waals surface area (Å²) in [6.07, 6.45) is 3.40. The molecular weight excluding hydrogens is 269 g/mol. The molecule has 1 N–H and O–H groups in total. The molecule has 0 saturated carbocycles. The van der Waals surface area contributed by atoms with E-state index in [0.717, 1.165) is 32.5 Å². The number of hydrogen-bond donors (Lipinski definition) is 1. The first-order chi connectivity index (χ1) is 8.69. The van der Waals surface area contributed by atoms with E-state index >= 15 is 0 Å². The van der Waals surface area contributed by atoms with Crippen LogP contribution in [0.2, 0.25) is 10.0 Å². The second-order valence-corrected chi connectivity index (χ2v) is 5.71. The number of rotatable bonds is 4. The third-order valence-corrected chi connectivity index (χ3v) is 3.98. The normalized spacial score (nSPS) is 18.8. The van der Waals surface area contributed by atoms with Gasteiger partial charge >= 0.3 is 0 Å². The molecule has 1 heterocycles. The third-order valence-electron chi connectivity index (χ3n) is 3.55. The molecule has 1 aromatic carbocycles. The predicted molar refractivity (Wildman–Crippen MR) is 76.4 cm³/mol. The van der Waals surface area contributed by atoms with E-state index in [0.29, 0.717) is 22.0 Å². The second-order valence-electron chi connectivity index (χ2n) is 4.84. The van der Waals surface area contributed by atoms with Gasteiger partial charge in [0.1, 0.15) is 0 Å². The van der Waals surface area contributed by atoms with Crippen molar-refractivity contribution in [2.45, 2.75) is 25.3 Å². The van der Waals surface area contributed by atoms with Gasteiger partial charge in [-0.05, 0) is 56.0 Å². The highest BCUT2D eigenvalue weighted by atomic mass is 35.5. The van der Waals surface area contributed by atoms with Gasteiger partial charge in [-0.2, -0.15) is 0 Å². The highest BCUT2D eigenvalue weighted by molar-refractivity contribution is 6.34. The molecule has 2 rings (SSSR count). The summed E-state index contributed by atoms with van der Waals surface area (Å²) in [4.78, 5) is 0. The minimum atomic E-state index is 0.310. The van der Waals surface area contributed by atoms with Gasteiger partial charge < -0.3 is 10.1 Å². The van der Waals surface area contributed by atoms with Crippen molar-refractivity contribution in [1.82, 2.24) is 5.32 Å². The fourth-order valence-corrected chi connectivity index (χ4v) is 3.06. The van der Waals surface area contributed by atoms with Crippen molar-refractivity contribution in [3.8, 4) is 0 Å². The standard InChI is InChI=1S/C14H19Cl2NO/c1-17-14(6-10-2-4-18-5-3-10)11-7-12(15)9-13(16)8-11/h7-10,14,17H,2-6H2,1H3. The first-order valence-electron chi connectivity index (χ1n) is 6.40. The van der Waals surface area contributed by atoms with Gasteiger partial charge in [0.15, 0.2) is 0 Å². The molecule has 0 aromatic heterocycles. The Morgan fingerprint density at radius 1 is 1.22 bits per heavy atom. The Kier molecular flexibility index (Phi) is 5.31. The van der Waals surface area contributed by atoms with Crippen LogP contribution >= 0.6 is 23.2 Å². The molecule has 0 bridgehead atoms. The summed E-state index contributed by atoms with van der Waals surface area (Å²) in [5.41, 5.74) is 1.17. The largest absolute Gasteiger partial charge is 0.381 e. The molecule has 1 atom stereocenters. The molecule has 1 unspecified atom stereocenters. The summed E-state index contributed by atoms with van der Waals surface area (Å²) in [5.74, 6) is 0.717. The van der Waals surface area contributed by atoms with Gasteiger partial charge in [-0.15, -0.1) is 0 Å². The Morgan fingerprint density at radius 3 is 2.39 bits per heavy atom. The van der Waals surface area contributed by atoms with Gasteiger partial charge in [0.25, 0.3) is 0 Å². The van der Waals surface area contributed by atoms with E-state index < -0.39 is 0 Å². The molecule has 0 spiro atoms. The summed E-state index contributed by atoms with van der Waals surface area (Å²) in [7, 11) is 1.98. The van der Waals surface area contributed by atoms with Crippen LogP contribution in [0.3, 0.4) is 0 Å². The van der Waals surface area contributed by atoms with Crippen molar-refractivity contribution in [3.63, 3.8) is 0 Å². The maximum absolute atomic E-state index is 6.06. The predicted octanol–water partition coefficient (Wildman–Crippen LogP) is 4.07. The molecule has 2 nitrogen and oxygen atoms in total. The lowest BCUT2D eigenvalue weighted by Crippen LogP contribution is -2.24. The van der Waals surface area contributed by atoms with Crippen LogP contribution in [0.25, 0.3) is 0 Å². The van der Waals surface area contributed by atoms with Crippen molar-refractivity contribution < 1.29 is 4.74 Å². The summed E-state index contributed by atoms with van der Waals surface area (Å²) >= 11 is 12.1. The van der Waals surface area contributed by atoms with E-state index in [4.69, 9.17) is 27.9 Å². The van der Waals surface area contributed by atoms with E-state index in [2.05, 4.69) is 5.32 Å². The van der Waals surface area contributed by atoms with Gasteiger partial charge in [0.2, 0.25) is 0 Å². The molecule has 100 valence electrons. The Morgan fingerprint density at radius 2 is 1.83 bits per heavy atom. The number of hydrogen-bond acceptors (Lipinski definition) is 2. The monoisotopic (exact) mass is 287 g/mol. The molecule has 0 amide bonds. The van der Waals surface area contributed by atoms with Crippen LogP contribution in [0.15, 0.2) is 18.2 Å². The number of halogens is 2. The van der Waals surface area contributed by atoms with E-state index in [-0.39, 0.29) is 0 Å². The van der Waals surface area contributed by atoms with E-state index in [9.17, 15) is 0 Å². The van der Waals surface area contributed by atoms with Crippen molar-refractivity contribution in [1.29, 1.82) is 0 Å². The highest BCUT2D eigenvalue weighted by Gasteiger charge is 2.20. The zero-order valence-electron chi connectivity index (χ0n) is 10.6. The fraction of sp³-hybridized carbons (Fsp3) is 0.571. The average molecular weight is 288 g/mol. The molecule has 4 heteroatoms. The van der Waals surface area contributed by atoms with Crippen LogP contribution in [0, 0.1) is 5.92 Å². The highest BCUT2D eigenvalue weighted by Crippen LogP contribution is 2.30. The zero-order chi connectivity index (χ0) is 13.0. The smallest absolute Gasteiger partial charge is 0.0468 e. The lowest BCUT2D eigenvalue weighted by molar-refractivity contribution is 0.0608. The van der Waals surface area contributed by atoms with Crippen molar-refractivity contribution >= 4 is 23.2 Å². The lowest BCUT2D eigenvalue weighted by Gasteiger charge is -2.27. The molecule has 18 heavy (non-hydrogen) atoms. The van der Waals surface area contributed by atoms with Gasteiger partial charge in [-0.3, -0.25) is 0 Å². The van der Waals surface area contributed by atoms with Crippen LogP contribution in [0.1, 0.15) is 30.9 Å². The Hall–Kier alpha value is -0.280. The quantitative estimate of drug-likeness (QED) is 0.901. The van der Waals surface area contributed by atoms with Crippen LogP contribution in [0.4, 0.5) is 0 Å². The fourth-order valence-electron chi connectivity index (χ4n) is 2.51. The van der Waals surface area contributed by atoms with Crippen LogP contribution in [0.5, 0.6) is 0 Å². The second kappa shape index (κ2) is 6.76. The SMILES string of the molecule is CNC(CC1CCOCC1)c1cc(Cl)cc(Cl)c1. The number of nitrogens with one attached hydrogen (secondary N) is 1. The Labute approximate surface area is 119 Å². The molecule has 0 aliphatic carbocycles. The molecular formula is C14H19Cl2NO. The molecule has 1 aliphatic heterocycles. The third kappa shape index (κ3) is 3.86. The first-order valence-corrected chi connectivity index (χ1v) is 7.15. The van der Waals surface area contributed by atoms with Crippen molar-refractivity contribution in [2.24, 2.45) is 5.92 Å². The minimum Gasteiger partial charge on any atom is -0.381 e. The lowest BCUT2D eigenvalue weighted by atomic mass is 9.89. The first kappa shape index (κ1) is 14.1. The molecule has 1 saturated heterocycles. The molecule has 1 aliphatic rings. The average Bonchev–Trinajstić information content (AvgIpc) is 2.36. The molecule has 0 radical (unpaired) electrons. The van der Waals surface area contributed by atoms with Gasteiger partial charge in [0, 0.05) is 29.3 Å². The summed E-state index contributed by atoms with van der Waals surface area (Å²) in [6, 6.07) is 6.07. The summed E-state index contributed by atoms with van der Waals surface area (Å²) < 4.78 is 5.40. The maximum atomic E-state index is 6.06. The molecule has 1 fully saturated rings.